The standard InChI is InChI=1S/C10H10N4OS/c11-14-7-1-2-9(12-5-7)10(15)13-8-3-4-16-6-8/h1-6,14H,11H2,(H,13,15). The Kier molecular flexibility index (Phi) is 3.13. The minimum Gasteiger partial charge on any atom is -0.323 e. The maximum absolute atomic E-state index is 11.7. The van der Waals surface area contributed by atoms with Gasteiger partial charge in [0.15, 0.2) is 0 Å². The van der Waals surface area contributed by atoms with Crippen molar-refractivity contribution >= 4 is 28.6 Å². The van der Waals surface area contributed by atoms with Crippen LogP contribution in [0.4, 0.5) is 11.4 Å². The van der Waals surface area contributed by atoms with Crippen LogP contribution in [-0.4, -0.2) is 10.9 Å². The highest BCUT2D eigenvalue weighted by Crippen LogP contribution is 2.13. The first-order valence-corrected chi connectivity index (χ1v) is 5.50. The fraction of sp³-hybridized carbons (Fsp3) is 0. The number of amides is 1. The van der Waals surface area contributed by atoms with Gasteiger partial charge in [0, 0.05) is 5.38 Å². The van der Waals surface area contributed by atoms with Gasteiger partial charge in [-0.1, -0.05) is 0 Å². The Morgan fingerprint density at radius 2 is 2.19 bits per heavy atom. The van der Waals surface area contributed by atoms with Crippen molar-refractivity contribution in [2.45, 2.75) is 0 Å². The molecule has 2 heterocycles. The number of nitrogen functional groups attached to an aromatic ring is 1. The van der Waals surface area contributed by atoms with Gasteiger partial charge in [-0.05, 0) is 23.6 Å². The fourth-order valence-electron chi connectivity index (χ4n) is 1.14. The van der Waals surface area contributed by atoms with E-state index in [0.717, 1.165) is 5.69 Å². The van der Waals surface area contributed by atoms with Crippen molar-refractivity contribution in [3.05, 3.63) is 40.8 Å². The molecular weight excluding hydrogens is 224 g/mol. The molecule has 0 aliphatic rings. The van der Waals surface area contributed by atoms with Gasteiger partial charge < -0.3 is 10.7 Å². The molecule has 0 atom stereocenters. The van der Waals surface area contributed by atoms with E-state index >= 15 is 0 Å². The maximum atomic E-state index is 11.7. The van der Waals surface area contributed by atoms with Crippen molar-refractivity contribution in [2.75, 3.05) is 10.7 Å². The number of thiophene rings is 1. The highest BCUT2D eigenvalue weighted by atomic mass is 32.1. The number of nitrogens with zero attached hydrogens (tertiary/aromatic N) is 1. The lowest BCUT2D eigenvalue weighted by Crippen LogP contribution is -2.14. The van der Waals surface area contributed by atoms with E-state index in [1.165, 1.54) is 17.5 Å². The largest absolute Gasteiger partial charge is 0.323 e. The van der Waals surface area contributed by atoms with Gasteiger partial charge >= 0.3 is 0 Å². The first-order chi connectivity index (χ1) is 7.79. The first kappa shape index (κ1) is 10.6. The summed E-state index contributed by atoms with van der Waals surface area (Å²) < 4.78 is 0. The number of anilines is 2. The molecule has 0 aliphatic heterocycles. The number of aromatic nitrogens is 1. The van der Waals surface area contributed by atoms with Crippen LogP contribution < -0.4 is 16.6 Å². The molecule has 82 valence electrons. The van der Waals surface area contributed by atoms with Crippen LogP contribution in [0.15, 0.2) is 35.2 Å². The number of nitrogens with one attached hydrogen (secondary N) is 2. The number of carbonyl (C=O) groups excluding carboxylic acids is 1. The van der Waals surface area contributed by atoms with E-state index in [-0.39, 0.29) is 5.91 Å². The van der Waals surface area contributed by atoms with Gasteiger partial charge in [0.1, 0.15) is 5.69 Å². The van der Waals surface area contributed by atoms with Crippen LogP contribution in [0, 0.1) is 0 Å². The topological polar surface area (TPSA) is 80.0 Å². The van der Waals surface area contributed by atoms with Crippen molar-refractivity contribution in [3.63, 3.8) is 0 Å². The second-order valence-corrected chi connectivity index (χ2v) is 3.82. The second kappa shape index (κ2) is 4.73. The van der Waals surface area contributed by atoms with Gasteiger partial charge in [0.05, 0.1) is 17.6 Å². The third kappa shape index (κ3) is 2.36. The Morgan fingerprint density at radius 3 is 2.75 bits per heavy atom. The summed E-state index contributed by atoms with van der Waals surface area (Å²) in [5.74, 6) is 4.96. The Balaban J connectivity index is 2.09. The van der Waals surface area contributed by atoms with Crippen molar-refractivity contribution in [2.24, 2.45) is 5.84 Å². The molecular formula is C10H10N4OS. The Hall–Kier alpha value is -1.92. The SMILES string of the molecule is NNc1ccc(C(=O)Nc2ccsc2)nc1. The van der Waals surface area contributed by atoms with Crippen LogP contribution in [0.25, 0.3) is 0 Å². The Morgan fingerprint density at radius 1 is 1.31 bits per heavy atom. The average molecular weight is 234 g/mol. The smallest absolute Gasteiger partial charge is 0.274 e. The summed E-state index contributed by atoms with van der Waals surface area (Å²) in [6.45, 7) is 0. The molecule has 2 rings (SSSR count). The Bertz CT molecular complexity index is 466. The highest BCUT2D eigenvalue weighted by Gasteiger charge is 2.07. The minimum atomic E-state index is -0.234. The Labute approximate surface area is 96.3 Å². The van der Waals surface area contributed by atoms with E-state index in [0.29, 0.717) is 11.4 Å². The van der Waals surface area contributed by atoms with E-state index in [1.807, 2.05) is 16.8 Å². The van der Waals surface area contributed by atoms with Crippen LogP contribution in [0.2, 0.25) is 0 Å². The predicted octanol–water partition coefficient (Wildman–Crippen LogP) is 1.68. The molecule has 4 N–H and O–H groups in total. The maximum Gasteiger partial charge on any atom is 0.274 e. The zero-order valence-corrected chi connectivity index (χ0v) is 9.12. The van der Waals surface area contributed by atoms with Crippen molar-refractivity contribution < 1.29 is 4.79 Å². The molecule has 0 unspecified atom stereocenters. The van der Waals surface area contributed by atoms with E-state index in [1.54, 1.807) is 12.1 Å². The summed E-state index contributed by atoms with van der Waals surface area (Å²) in [6, 6.07) is 5.13. The molecule has 0 radical (unpaired) electrons. The van der Waals surface area contributed by atoms with Crippen LogP contribution >= 0.6 is 11.3 Å². The lowest BCUT2D eigenvalue weighted by molar-refractivity contribution is 0.102. The van der Waals surface area contributed by atoms with Gasteiger partial charge in [0.2, 0.25) is 0 Å². The lowest BCUT2D eigenvalue weighted by atomic mass is 10.3. The number of pyridine rings is 1. The van der Waals surface area contributed by atoms with Crippen LogP contribution in [-0.2, 0) is 0 Å². The molecule has 0 fully saturated rings. The first-order valence-electron chi connectivity index (χ1n) is 4.56. The predicted molar refractivity (Wildman–Crippen MR) is 64.3 cm³/mol. The number of hydrazine groups is 1. The number of rotatable bonds is 3. The molecule has 1 amide bonds. The normalized spacial score (nSPS) is 9.81. The molecule has 2 aromatic heterocycles. The van der Waals surface area contributed by atoms with E-state index < -0.39 is 0 Å². The molecule has 0 spiro atoms. The van der Waals surface area contributed by atoms with Gasteiger partial charge in [-0.15, -0.1) is 0 Å². The minimum absolute atomic E-state index is 0.234. The van der Waals surface area contributed by atoms with Gasteiger partial charge in [-0.25, -0.2) is 4.98 Å². The van der Waals surface area contributed by atoms with Crippen molar-refractivity contribution in [3.8, 4) is 0 Å². The zero-order chi connectivity index (χ0) is 11.4. The monoisotopic (exact) mass is 234 g/mol. The zero-order valence-electron chi connectivity index (χ0n) is 8.31. The van der Waals surface area contributed by atoms with E-state index in [9.17, 15) is 4.79 Å². The summed E-state index contributed by atoms with van der Waals surface area (Å²) in [5.41, 5.74) is 4.23. The molecule has 0 saturated heterocycles. The molecule has 5 nitrogen and oxygen atoms in total. The lowest BCUT2D eigenvalue weighted by Gasteiger charge is -2.03. The third-order valence-electron chi connectivity index (χ3n) is 1.94. The summed E-state index contributed by atoms with van der Waals surface area (Å²) in [7, 11) is 0. The number of hydrogen-bond acceptors (Lipinski definition) is 5. The fourth-order valence-corrected chi connectivity index (χ4v) is 1.73. The van der Waals surface area contributed by atoms with Crippen molar-refractivity contribution in [1.29, 1.82) is 0 Å². The number of nitrogens with two attached hydrogens (primary N) is 1. The number of hydrogen-bond donors (Lipinski definition) is 3. The second-order valence-electron chi connectivity index (χ2n) is 3.04. The van der Waals surface area contributed by atoms with Crippen LogP contribution in [0.1, 0.15) is 10.5 Å². The van der Waals surface area contributed by atoms with E-state index in [4.69, 9.17) is 5.84 Å². The summed E-state index contributed by atoms with van der Waals surface area (Å²) in [4.78, 5) is 15.7. The van der Waals surface area contributed by atoms with Crippen molar-refractivity contribution in [1.82, 2.24) is 4.98 Å². The average Bonchev–Trinajstić information content (AvgIpc) is 2.82. The summed E-state index contributed by atoms with van der Waals surface area (Å²) in [5, 5.41) is 6.48. The van der Waals surface area contributed by atoms with Gasteiger partial charge in [-0.2, -0.15) is 11.3 Å². The molecule has 0 aliphatic carbocycles. The molecule has 0 saturated carbocycles. The van der Waals surface area contributed by atoms with Crippen LogP contribution in [0.5, 0.6) is 0 Å². The molecule has 6 heteroatoms. The van der Waals surface area contributed by atoms with Gasteiger partial charge in [-0.3, -0.25) is 10.6 Å². The van der Waals surface area contributed by atoms with E-state index in [2.05, 4.69) is 15.7 Å². The van der Waals surface area contributed by atoms with Crippen LogP contribution in [0.3, 0.4) is 0 Å². The summed E-state index contributed by atoms with van der Waals surface area (Å²) in [6.07, 6.45) is 1.50. The molecule has 16 heavy (non-hydrogen) atoms. The molecule has 0 aromatic carbocycles. The highest BCUT2D eigenvalue weighted by molar-refractivity contribution is 7.08. The third-order valence-corrected chi connectivity index (χ3v) is 2.63. The van der Waals surface area contributed by atoms with Gasteiger partial charge in [0.25, 0.3) is 5.91 Å². The summed E-state index contributed by atoms with van der Waals surface area (Å²) >= 11 is 1.52. The number of carbonyl (C=O) groups is 1. The quantitative estimate of drug-likeness (QED) is 0.557. The molecule has 0 bridgehead atoms. The molecule has 2 aromatic rings.